The fourth-order valence-electron chi connectivity index (χ4n) is 1.89. The topological polar surface area (TPSA) is 86.5 Å². The number of benzene rings is 1. The summed E-state index contributed by atoms with van der Waals surface area (Å²) >= 11 is 0. The zero-order valence-corrected chi connectivity index (χ0v) is 12.9. The third-order valence-electron chi connectivity index (χ3n) is 2.74. The molecule has 1 unspecified atom stereocenters. The Labute approximate surface area is 126 Å². The van der Waals surface area contributed by atoms with Crippen molar-refractivity contribution in [2.45, 2.75) is 19.8 Å². The predicted octanol–water partition coefficient (Wildman–Crippen LogP) is 3.10. The van der Waals surface area contributed by atoms with Gasteiger partial charge in [0.25, 0.3) is 0 Å². The van der Waals surface area contributed by atoms with Crippen molar-refractivity contribution in [3.05, 3.63) is 34.1 Å². The first-order valence-electron chi connectivity index (χ1n) is 6.22. The van der Waals surface area contributed by atoms with Gasteiger partial charge in [-0.1, -0.05) is 19.4 Å². The zero-order chi connectivity index (χ0) is 16.0. The van der Waals surface area contributed by atoms with Crippen molar-refractivity contribution in [3.8, 4) is 5.75 Å². The quantitative estimate of drug-likeness (QED) is 0.412. The fourth-order valence-corrected chi connectivity index (χ4v) is 3.25. The van der Waals surface area contributed by atoms with Crippen LogP contribution >= 0.6 is 10.7 Å². The highest BCUT2D eigenvalue weighted by molar-refractivity contribution is 8.13. The summed E-state index contributed by atoms with van der Waals surface area (Å²) in [7, 11) is 1.47. The van der Waals surface area contributed by atoms with E-state index in [-0.39, 0.29) is 12.4 Å². The minimum Gasteiger partial charge on any atom is -0.484 e. The molecule has 0 aromatic heterocycles. The number of hydrogen-bond donors (Lipinski definition) is 0. The van der Waals surface area contributed by atoms with Crippen LogP contribution in [0, 0.1) is 21.8 Å². The van der Waals surface area contributed by atoms with E-state index in [1.54, 1.807) is 0 Å². The highest BCUT2D eigenvalue weighted by atomic mass is 35.7. The van der Waals surface area contributed by atoms with Crippen molar-refractivity contribution < 1.29 is 22.5 Å². The standard InChI is InChI=1S/C12H15ClFNO5S/c1-2-4-9(8-21(13,18)19)7-20-12-10(14)5-3-6-11(12)15(16)17/h3,5-6,9H,2,4,7-8H2,1H3. The Kier molecular flexibility index (Phi) is 6.35. The lowest BCUT2D eigenvalue weighted by Gasteiger charge is -2.15. The van der Waals surface area contributed by atoms with Gasteiger partial charge in [-0.15, -0.1) is 0 Å². The van der Waals surface area contributed by atoms with Crippen LogP contribution < -0.4 is 4.74 Å². The summed E-state index contributed by atoms with van der Waals surface area (Å²) in [6.07, 6.45) is 1.17. The van der Waals surface area contributed by atoms with Crippen LogP contribution in [0.5, 0.6) is 5.75 Å². The molecule has 0 fully saturated rings. The molecule has 0 saturated carbocycles. The Bertz CT molecular complexity index is 608. The first-order chi connectivity index (χ1) is 9.74. The molecule has 118 valence electrons. The summed E-state index contributed by atoms with van der Waals surface area (Å²) in [5.74, 6) is -2.15. The molecule has 0 aliphatic heterocycles. The van der Waals surface area contributed by atoms with Gasteiger partial charge in [0.1, 0.15) is 0 Å². The lowest BCUT2D eigenvalue weighted by Crippen LogP contribution is -2.20. The average molecular weight is 340 g/mol. The second-order valence-corrected chi connectivity index (χ2v) is 7.34. The van der Waals surface area contributed by atoms with Crippen molar-refractivity contribution in [2.75, 3.05) is 12.4 Å². The number of ether oxygens (including phenoxy) is 1. The lowest BCUT2D eigenvalue weighted by atomic mass is 10.1. The van der Waals surface area contributed by atoms with E-state index in [0.717, 1.165) is 12.1 Å². The van der Waals surface area contributed by atoms with E-state index in [1.165, 1.54) is 6.07 Å². The monoisotopic (exact) mass is 339 g/mol. The third kappa shape index (κ3) is 5.84. The molecular formula is C12H15ClFNO5S. The van der Waals surface area contributed by atoms with E-state index < -0.39 is 37.1 Å². The Morgan fingerprint density at radius 3 is 2.67 bits per heavy atom. The lowest BCUT2D eigenvalue weighted by molar-refractivity contribution is -0.386. The molecule has 1 rings (SSSR count). The summed E-state index contributed by atoms with van der Waals surface area (Å²) in [6.45, 7) is 1.68. The third-order valence-corrected chi connectivity index (χ3v) is 3.99. The highest BCUT2D eigenvalue weighted by Gasteiger charge is 2.22. The summed E-state index contributed by atoms with van der Waals surface area (Å²) in [6, 6.07) is 3.36. The maximum atomic E-state index is 13.6. The van der Waals surface area contributed by atoms with Crippen LogP contribution in [0.2, 0.25) is 0 Å². The minimum atomic E-state index is -3.72. The van der Waals surface area contributed by atoms with Gasteiger partial charge in [0, 0.05) is 22.7 Å². The SMILES string of the molecule is CCCC(COc1c(F)cccc1[N+](=O)[O-])CS(=O)(=O)Cl. The Morgan fingerprint density at radius 1 is 1.48 bits per heavy atom. The van der Waals surface area contributed by atoms with Gasteiger partial charge in [0.2, 0.25) is 14.8 Å². The number of halogens is 2. The molecule has 0 amide bonds. The molecule has 0 aliphatic carbocycles. The summed E-state index contributed by atoms with van der Waals surface area (Å²) in [5.41, 5.74) is -0.501. The van der Waals surface area contributed by atoms with Gasteiger partial charge in [-0.2, -0.15) is 0 Å². The molecule has 0 bridgehead atoms. The first-order valence-corrected chi connectivity index (χ1v) is 8.70. The summed E-state index contributed by atoms with van der Waals surface area (Å²) in [4.78, 5) is 10.1. The van der Waals surface area contributed by atoms with E-state index in [2.05, 4.69) is 0 Å². The normalized spacial score (nSPS) is 12.9. The fraction of sp³-hybridized carbons (Fsp3) is 0.500. The van der Waals surface area contributed by atoms with Crippen LogP contribution in [0.25, 0.3) is 0 Å². The van der Waals surface area contributed by atoms with E-state index in [4.69, 9.17) is 15.4 Å². The van der Waals surface area contributed by atoms with Crippen LogP contribution in [0.3, 0.4) is 0 Å². The van der Waals surface area contributed by atoms with Gasteiger partial charge in [0.15, 0.2) is 5.82 Å². The van der Waals surface area contributed by atoms with Gasteiger partial charge < -0.3 is 4.74 Å². The Hall–Kier alpha value is -1.41. The van der Waals surface area contributed by atoms with E-state index >= 15 is 0 Å². The number of para-hydroxylation sites is 1. The van der Waals surface area contributed by atoms with E-state index in [0.29, 0.717) is 12.8 Å². The molecule has 0 aliphatic rings. The second kappa shape index (κ2) is 7.56. The maximum absolute atomic E-state index is 13.6. The molecule has 0 saturated heterocycles. The Morgan fingerprint density at radius 2 is 2.14 bits per heavy atom. The van der Waals surface area contributed by atoms with Crippen molar-refractivity contribution in [1.82, 2.24) is 0 Å². The van der Waals surface area contributed by atoms with Crippen LogP contribution in [-0.2, 0) is 9.05 Å². The molecule has 1 atom stereocenters. The molecule has 0 heterocycles. The molecule has 9 heteroatoms. The molecule has 21 heavy (non-hydrogen) atoms. The van der Waals surface area contributed by atoms with Crippen molar-refractivity contribution >= 4 is 25.4 Å². The maximum Gasteiger partial charge on any atom is 0.314 e. The van der Waals surface area contributed by atoms with Crippen molar-refractivity contribution in [2.24, 2.45) is 5.92 Å². The van der Waals surface area contributed by atoms with Crippen molar-refractivity contribution in [1.29, 1.82) is 0 Å². The van der Waals surface area contributed by atoms with Crippen LogP contribution in [0.15, 0.2) is 18.2 Å². The molecule has 6 nitrogen and oxygen atoms in total. The molecule has 0 N–H and O–H groups in total. The number of nitrogens with zero attached hydrogens (tertiary/aromatic N) is 1. The number of rotatable bonds is 8. The van der Waals surface area contributed by atoms with E-state index in [9.17, 15) is 22.9 Å². The molecular weight excluding hydrogens is 325 g/mol. The van der Waals surface area contributed by atoms with E-state index in [1.807, 2.05) is 6.92 Å². The first kappa shape index (κ1) is 17.6. The summed E-state index contributed by atoms with van der Waals surface area (Å²) < 4.78 is 41.0. The van der Waals surface area contributed by atoms with Gasteiger partial charge in [-0.25, -0.2) is 12.8 Å². The smallest absolute Gasteiger partial charge is 0.314 e. The predicted molar refractivity (Wildman–Crippen MR) is 76.6 cm³/mol. The molecule has 0 spiro atoms. The molecule has 0 radical (unpaired) electrons. The van der Waals surface area contributed by atoms with Gasteiger partial charge in [-0.3, -0.25) is 10.1 Å². The zero-order valence-electron chi connectivity index (χ0n) is 11.3. The van der Waals surface area contributed by atoms with Crippen LogP contribution in [0.1, 0.15) is 19.8 Å². The average Bonchev–Trinajstić information content (AvgIpc) is 2.35. The van der Waals surface area contributed by atoms with Crippen molar-refractivity contribution in [3.63, 3.8) is 0 Å². The number of hydrogen-bond acceptors (Lipinski definition) is 5. The number of nitro groups is 1. The highest BCUT2D eigenvalue weighted by Crippen LogP contribution is 2.30. The van der Waals surface area contributed by atoms with Gasteiger partial charge >= 0.3 is 5.69 Å². The Balaban J connectivity index is 2.87. The van der Waals surface area contributed by atoms with Gasteiger partial charge in [-0.05, 0) is 12.5 Å². The number of nitro benzene ring substituents is 1. The van der Waals surface area contributed by atoms with Gasteiger partial charge in [0.05, 0.1) is 17.3 Å². The molecule has 1 aromatic carbocycles. The van der Waals surface area contributed by atoms with Crippen LogP contribution in [0.4, 0.5) is 10.1 Å². The minimum absolute atomic E-state index is 0.165. The molecule has 1 aromatic rings. The second-order valence-electron chi connectivity index (χ2n) is 4.52. The largest absolute Gasteiger partial charge is 0.484 e. The summed E-state index contributed by atoms with van der Waals surface area (Å²) in [5, 5.41) is 10.8. The van der Waals surface area contributed by atoms with Crippen LogP contribution in [-0.4, -0.2) is 25.7 Å².